The van der Waals surface area contributed by atoms with E-state index in [9.17, 15) is 9.59 Å². The van der Waals surface area contributed by atoms with Gasteiger partial charge < -0.3 is 15.7 Å². The van der Waals surface area contributed by atoms with E-state index in [1.807, 2.05) is 12.1 Å². The molecule has 104 valence electrons. The summed E-state index contributed by atoms with van der Waals surface area (Å²) < 4.78 is 0. The van der Waals surface area contributed by atoms with Gasteiger partial charge in [0.15, 0.2) is 0 Å². The minimum atomic E-state index is -0.875. The van der Waals surface area contributed by atoms with Gasteiger partial charge in [-0.25, -0.2) is 4.79 Å². The highest BCUT2D eigenvalue weighted by Gasteiger charge is 2.07. The Morgan fingerprint density at radius 3 is 2.47 bits per heavy atom. The second-order valence-corrected chi connectivity index (χ2v) is 4.30. The van der Waals surface area contributed by atoms with Crippen LogP contribution in [0.3, 0.4) is 0 Å². The standard InChI is InChI=1S/C14H20N2O3/c1-2-3-8-15-14(19)16-10-12-7-5-4-6-11(12)9-13(17)18/h4-7H,2-3,8-10H2,1H3,(H,17,18)(H2,15,16,19). The molecule has 0 fully saturated rings. The number of urea groups is 1. The molecule has 0 unspecified atom stereocenters. The molecular formula is C14H20N2O3. The SMILES string of the molecule is CCCCNC(=O)NCc1ccccc1CC(=O)O. The maximum atomic E-state index is 11.5. The summed E-state index contributed by atoms with van der Waals surface area (Å²) in [6.45, 7) is 3.04. The molecule has 1 aromatic rings. The highest BCUT2D eigenvalue weighted by atomic mass is 16.4. The van der Waals surface area contributed by atoms with Gasteiger partial charge in [-0.1, -0.05) is 37.6 Å². The zero-order valence-electron chi connectivity index (χ0n) is 11.1. The second-order valence-electron chi connectivity index (χ2n) is 4.30. The molecule has 0 radical (unpaired) electrons. The summed E-state index contributed by atoms with van der Waals surface area (Å²) >= 11 is 0. The molecule has 5 heteroatoms. The predicted molar refractivity (Wildman–Crippen MR) is 72.9 cm³/mol. The number of hydrogen-bond acceptors (Lipinski definition) is 2. The van der Waals surface area contributed by atoms with Crippen molar-refractivity contribution in [3.05, 3.63) is 35.4 Å². The summed E-state index contributed by atoms with van der Waals surface area (Å²) in [6.07, 6.45) is 1.94. The van der Waals surface area contributed by atoms with Gasteiger partial charge in [-0.15, -0.1) is 0 Å². The van der Waals surface area contributed by atoms with E-state index in [4.69, 9.17) is 5.11 Å². The summed E-state index contributed by atoms with van der Waals surface area (Å²) in [4.78, 5) is 22.2. The van der Waals surface area contributed by atoms with Crippen LogP contribution in [0.4, 0.5) is 4.79 Å². The molecule has 1 rings (SSSR count). The third-order valence-corrected chi connectivity index (χ3v) is 2.72. The smallest absolute Gasteiger partial charge is 0.315 e. The Morgan fingerprint density at radius 1 is 1.16 bits per heavy atom. The highest BCUT2D eigenvalue weighted by Crippen LogP contribution is 2.09. The molecule has 0 aromatic heterocycles. The van der Waals surface area contributed by atoms with Crippen LogP contribution in [0.25, 0.3) is 0 Å². The van der Waals surface area contributed by atoms with Gasteiger partial charge in [-0.2, -0.15) is 0 Å². The number of carbonyl (C=O) groups is 2. The molecule has 5 nitrogen and oxygen atoms in total. The number of amides is 2. The van der Waals surface area contributed by atoms with Gasteiger partial charge in [0.25, 0.3) is 0 Å². The van der Waals surface area contributed by atoms with Crippen molar-refractivity contribution in [3.8, 4) is 0 Å². The van der Waals surface area contributed by atoms with Crippen molar-refractivity contribution in [2.75, 3.05) is 6.54 Å². The summed E-state index contributed by atoms with van der Waals surface area (Å²) in [7, 11) is 0. The van der Waals surface area contributed by atoms with Crippen LogP contribution in [-0.2, 0) is 17.8 Å². The van der Waals surface area contributed by atoms with Crippen molar-refractivity contribution in [2.45, 2.75) is 32.7 Å². The molecule has 0 saturated carbocycles. The number of carbonyl (C=O) groups excluding carboxylic acids is 1. The zero-order chi connectivity index (χ0) is 14.1. The average molecular weight is 264 g/mol. The molecule has 3 N–H and O–H groups in total. The van der Waals surface area contributed by atoms with E-state index in [0.717, 1.165) is 24.0 Å². The van der Waals surface area contributed by atoms with E-state index in [-0.39, 0.29) is 12.5 Å². The Labute approximate surface area is 113 Å². The Balaban J connectivity index is 2.48. The molecule has 0 saturated heterocycles. The molecule has 2 amide bonds. The molecule has 0 heterocycles. The lowest BCUT2D eigenvalue weighted by molar-refractivity contribution is -0.136. The third-order valence-electron chi connectivity index (χ3n) is 2.72. The van der Waals surface area contributed by atoms with Crippen molar-refractivity contribution in [1.29, 1.82) is 0 Å². The van der Waals surface area contributed by atoms with Crippen LogP contribution in [0, 0.1) is 0 Å². The summed E-state index contributed by atoms with van der Waals surface area (Å²) in [5.41, 5.74) is 1.55. The molecule has 0 bridgehead atoms. The fourth-order valence-electron chi connectivity index (χ4n) is 1.68. The number of aliphatic carboxylic acids is 1. The molecule has 1 aromatic carbocycles. The Kier molecular flexibility index (Phi) is 6.43. The number of unbranched alkanes of at least 4 members (excludes halogenated alkanes) is 1. The molecular weight excluding hydrogens is 244 g/mol. The average Bonchev–Trinajstić information content (AvgIpc) is 2.37. The van der Waals surface area contributed by atoms with Crippen LogP contribution in [0.2, 0.25) is 0 Å². The van der Waals surface area contributed by atoms with E-state index in [1.165, 1.54) is 0 Å². The lowest BCUT2D eigenvalue weighted by Gasteiger charge is -2.10. The molecule has 0 aliphatic rings. The third kappa shape index (κ3) is 5.90. The van der Waals surface area contributed by atoms with Crippen LogP contribution in [0.15, 0.2) is 24.3 Å². The van der Waals surface area contributed by atoms with Crippen LogP contribution >= 0.6 is 0 Å². The first-order valence-electron chi connectivity index (χ1n) is 6.43. The maximum absolute atomic E-state index is 11.5. The summed E-state index contributed by atoms with van der Waals surface area (Å²) in [5.74, 6) is -0.875. The van der Waals surface area contributed by atoms with Gasteiger partial charge in [0.2, 0.25) is 0 Å². The lowest BCUT2D eigenvalue weighted by atomic mass is 10.0. The first kappa shape index (κ1) is 15.0. The topological polar surface area (TPSA) is 78.4 Å². The minimum absolute atomic E-state index is 0.0324. The van der Waals surface area contributed by atoms with Crippen molar-refractivity contribution in [3.63, 3.8) is 0 Å². The van der Waals surface area contributed by atoms with E-state index in [2.05, 4.69) is 17.6 Å². The number of carboxylic acids is 1. The van der Waals surface area contributed by atoms with Crippen LogP contribution in [0.1, 0.15) is 30.9 Å². The van der Waals surface area contributed by atoms with Gasteiger partial charge in [0.1, 0.15) is 0 Å². The normalized spacial score (nSPS) is 9.95. The molecule has 0 aliphatic carbocycles. The van der Waals surface area contributed by atoms with Crippen molar-refractivity contribution < 1.29 is 14.7 Å². The van der Waals surface area contributed by atoms with Crippen molar-refractivity contribution >= 4 is 12.0 Å². The molecule has 0 spiro atoms. The maximum Gasteiger partial charge on any atom is 0.315 e. The Hall–Kier alpha value is -2.04. The number of nitrogens with one attached hydrogen (secondary N) is 2. The van der Waals surface area contributed by atoms with Gasteiger partial charge in [0.05, 0.1) is 6.42 Å². The minimum Gasteiger partial charge on any atom is -0.481 e. The van der Waals surface area contributed by atoms with Crippen molar-refractivity contribution in [1.82, 2.24) is 10.6 Å². The first-order valence-corrected chi connectivity index (χ1v) is 6.43. The van der Waals surface area contributed by atoms with Gasteiger partial charge in [0, 0.05) is 13.1 Å². The monoisotopic (exact) mass is 264 g/mol. The van der Waals surface area contributed by atoms with E-state index in [0.29, 0.717) is 13.1 Å². The molecule has 0 aliphatic heterocycles. The second kappa shape index (κ2) is 8.13. The number of carboxylic acid groups (broad SMARTS) is 1. The molecule has 0 atom stereocenters. The quantitative estimate of drug-likeness (QED) is 0.658. The fraction of sp³-hybridized carbons (Fsp3) is 0.429. The summed E-state index contributed by atoms with van der Waals surface area (Å²) in [6, 6.07) is 6.99. The van der Waals surface area contributed by atoms with E-state index in [1.54, 1.807) is 12.1 Å². The Bertz CT molecular complexity index is 432. The number of benzene rings is 1. The largest absolute Gasteiger partial charge is 0.481 e. The van der Waals surface area contributed by atoms with Crippen LogP contribution in [-0.4, -0.2) is 23.7 Å². The van der Waals surface area contributed by atoms with E-state index < -0.39 is 5.97 Å². The van der Waals surface area contributed by atoms with Gasteiger partial charge in [-0.05, 0) is 17.5 Å². The van der Waals surface area contributed by atoms with Crippen molar-refractivity contribution in [2.24, 2.45) is 0 Å². The number of rotatable bonds is 7. The molecule has 19 heavy (non-hydrogen) atoms. The number of hydrogen-bond donors (Lipinski definition) is 3. The summed E-state index contributed by atoms with van der Waals surface area (Å²) in [5, 5.41) is 14.3. The highest BCUT2D eigenvalue weighted by molar-refractivity contribution is 5.74. The van der Waals surface area contributed by atoms with Crippen LogP contribution in [0.5, 0.6) is 0 Å². The first-order chi connectivity index (χ1) is 9.13. The predicted octanol–water partition coefficient (Wildman–Crippen LogP) is 1.91. The van der Waals surface area contributed by atoms with Gasteiger partial charge >= 0.3 is 12.0 Å². The zero-order valence-corrected chi connectivity index (χ0v) is 11.1. The van der Waals surface area contributed by atoms with E-state index >= 15 is 0 Å². The van der Waals surface area contributed by atoms with Crippen LogP contribution < -0.4 is 10.6 Å². The lowest BCUT2D eigenvalue weighted by Crippen LogP contribution is -2.35. The van der Waals surface area contributed by atoms with Gasteiger partial charge in [-0.3, -0.25) is 4.79 Å². The Morgan fingerprint density at radius 2 is 1.84 bits per heavy atom. The fourth-order valence-corrected chi connectivity index (χ4v) is 1.68.